The molecule has 0 aliphatic carbocycles. The van der Waals surface area contributed by atoms with E-state index in [9.17, 15) is 4.79 Å². The molecule has 0 spiro atoms. The molecule has 1 aromatic rings. The third-order valence-electron chi connectivity index (χ3n) is 4.85. The lowest BCUT2D eigenvalue weighted by Gasteiger charge is -2.23. The van der Waals surface area contributed by atoms with E-state index in [1.807, 2.05) is 0 Å². The van der Waals surface area contributed by atoms with E-state index in [-0.39, 0.29) is 5.97 Å². The van der Waals surface area contributed by atoms with Gasteiger partial charge in [-0.15, -0.1) is 0 Å². The average Bonchev–Trinajstić information content (AvgIpc) is 2.68. The molecule has 1 aliphatic rings. The summed E-state index contributed by atoms with van der Waals surface area (Å²) >= 11 is 0. The first kappa shape index (κ1) is 17.0. The first-order chi connectivity index (χ1) is 10.5. The van der Waals surface area contributed by atoms with E-state index in [1.54, 1.807) is 0 Å². The van der Waals surface area contributed by atoms with E-state index >= 15 is 0 Å². The number of hydrogen-bond donors (Lipinski definition) is 0. The summed E-state index contributed by atoms with van der Waals surface area (Å²) in [4.78, 5) is 14.0. The smallest absolute Gasteiger partial charge is 0.305 e. The Bertz CT molecular complexity index is 501. The molecule has 3 heteroatoms. The standard InChI is InChI=1S/C19H29NO2/c1-14-10-15(2)18(16(3)11-14)13-20-8-5-6-17(7-9-20)12-19(21)22-4/h10-11,17H,5-9,12-13H2,1-4H3/t17-/m0/s1. The van der Waals surface area contributed by atoms with Gasteiger partial charge in [0.25, 0.3) is 0 Å². The Balaban J connectivity index is 1.96. The Morgan fingerprint density at radius 1 is 1.18 bits per heavy atom. The Labute approximate surface area is 134 Å². The maximum Gasteiger partial charge on any atom is 0.305 e. The summed E-state index contributed by atoms with van der Waals surface area (Å²) in [5.74, 6) is 0.418. The van der Waals surface area contributed by atoms with E-state index in [2.05, 4.69) is 37.8 Å². The number of esters is 1. The molecule has 22 heavy (non-hydrogen) atoms. The summed E-state index contributed by atoms with van der Waals surface area (Å²) in [5, 5.41) is 0. The van der Waals surface area contributed by atoms with Crippen LogP contribution in [0, 0.1) is 26.7 Å². The molecule has 1 atom stereocenters. The normalized spacial score (nSPS) is 19.7. The van der Waals surface area contributed by atoms with Crippen LogP contribution in [-0.2, 0) is 16.1 Å². The second-order valence-electron chi connectivity index (χ2n) is 6.73. The van der Waals surface area contributed by atoms with Crippen molar-refractivity contribution in [2.75, 3.05) is 20.2 Å². The van der Waals surface area contributed by atoms with Crippen LogP contribution in [0.1, 0.15) is 47.9 Å². The summed E-state index contributed by atoms with van der Waals surface area (Å²) < 4.78 is 4.81. The molecule has 0 radical (unpaired) electrons. The highest BCUT2D eigenvalue weighted by Gasteiger charge is 2.20. The molecule has 0 amide bonds. The summed E-state index contributed by atoms with van der Waals surface area (Å²) in [6, 6.07) is 4.56. The zero-order valence-corrected chi connectivity index (χ0v) is 14.4. The number of likely N-dealkylation sites (tertiary alicyclic amines) is 1. The highest BCUT2D eigenvalue weighted by atomic mass is 16.5. The van der Waals surface area contributed by atoms with Crippen LogP contribution in [0.5, 0.6) is 0 Å². The monoisotopic (exact) mass is 303 g/mol. The van der Waals surface area contributed by atoms with Crippen molar-refractivity contribution in [2.45, 2.75) is 53.0 Å². The van der Waals surface area contributed by atoms with Crippen LogP contribution in [0.2, 0.25) is 0 Å². The molecule has 1 heterocycles. The lowest BCUT2D eigenvalue weighted by molar-refractivity contribution is -0.141. The molecule has 1 saturated heterocycles. The lowest BCUT2D eigenvalue weighted by Crippen LogP contribution is -2.25. The predicted molar refractivity (Wildman–Crippen MR) is 89.9 cm³/mol. The highest BCUT2D eigenvalue weighted by molar-refractivity contribution is 5.69. The molecule has 2 rings (SSSR count). The molecular formula is C19H29NO2. The number of aryl methyl sites for hydroxylation is 3. The van der Waals surface area contributed by atoms with E-state index in [4.69, 9.17) is 4.74 Å². The van der Waals surface area contributed by atoms with Crippen LogP contribution in [0.25, 0.3) is 0 Å². The fourth-order valence-corrected chi connectivity index (χ4v) is 3.59. The largest absolute Gasteiger partial charge is 0.469 e. The highest BCUT2D eigenvalue weighted by Crippen LogP contribution is 2.24. The minimum absolute atomic E-state index is 0.0660. The minimum atomic E-state index is -0.0660. The van der Waals surface area contributed by atoms with Gasteiger partial charge in [0.15, 0.2) is 0 Å². The van der Waals surface area contributed by atoms with Crippen LogP contribution >= 0.6 is 0 Å². The van der Waals surface area contributed by atoms with Crippen molar-refractivity contribution < 1.29 is 9.53 Å². The van der Waals surface area contributed by atoms with Gasteiger partial charge in [0, 0.05) is 13.0 Å². The van der Waals surface area contributed by atoms with Crippen LogP contribution in [-0.4, -0.2) is 31.1 Å². The summed E-state index contributed by atoms with van der Waals surface area (Å²) in [6.45, 7) is 9.83. The van der Waals surface area contributed by atoms with Gasteiger partial charge in [-0.3, -0.25) is 9.69 Å². The summed E-state index contributed by atoms with van der Waals surface area (Å²) in [7, 11) is 1.48. The van der Waals surface area contributed by atoms with E-state index in [1.165, 1.54) is 35.8 Å². The quantitative estimate of drug-likeness (QED) is 0.793. The van der Waals surface area contributed by atoms with E-state index < -0.39 is 0 Å². The first-order valence-corrected chi connectivity index (χ1v) is 8.35. The Morgan fingerprint density at radius 3 is 2.50 bits per heavy atom. The van der Waals surface area contributed by atoms with E-state index in [0.717, 1.165) is 32.5 Å². The fraction of sp³-hybridized carbons (Fsp3) is 0.632. The average molecular weight is 303 g/mol. The Hall–Kier alpha value is -1.35. The van der Waals surface area contributed by atoms with Crippen LogP contribution < -0.4 is 0 Å². The number of carbonyl (C=O) groups is 1. The zero-order chi connectivity index (χ0) is 16.1. The predicted octanol–water partition coefficient (Wildman–Crippen LogP) is 3.78. The maximum atomic E-state index is 11.5. The summed E-state index contributed by atoms with van der Waals surface area (Å²) in [6.07, 6.45) is 3.98. The molecule has 0 N–H and O–H groups in total. The maximum absolute atomic E-state index is 11.5. The van der Waals surface area contributed by atoms with Gasteiger partial charge in [0.1, 0.15) is 0 Å². The fourth-order valence-electron chi connectivity index (χ4n) is 3.59. The van der Waals surface area contributed by atoms with Crippen LogP contribution in [0.3, 0.4) is 0 Å². The van der Waals surface area contributed by atoms with Gasteiger partial charge in [0.05, 0.1) is 7.11 Å². The third-order valence-corrected chi connectivity index (χ3v) is 4.85. The SMILES string of the molecule is COC(=O)C[C@H]1CCCN(Cc2c(C)cc(C)cc2C)CC1. The molecular weight excluding hydrogens is 274 g/mol. The van der Waals surface area contributed by atoms with Gasteiger partial charge in [-0.2, -0.15) is 0 Å². The zero-order valence-electron chi connectivity index (χ0n) is 14.4. The van der Waals surface area contributed by atoms with Crippen molar-refractivity contribution in [3.63, 3.8) is 0 Å². The molecule has 0 unspecified atom stereocenters. The summed E-state index contributed by atoms with van der Waals surface area (Å²) in [5.41, 5.74) is 5.60. The van der Waals surface area contributed by atoms with Gasteiger partial charge < -0.3 is 4.74 Å². The molecule has 1 aliphatic heterocycles. The molecule has 0 saturated carbocycles. The van der Waals surface area contributed by atoms with Crippen LogP contribution in [0.15, 0.2) is 12.1 Å². The molecule has 1 aromatic carbocycles. The molecule has 122 valence electrons. The van der Waals surface area contributed by atoms with Gasteiger partial charge in [-0.25, -0.2) is 0 Å². The van der Waals surface area contributed by atoms with Crippen molar-refractivity contribution >= 4 is 5.97 Å². The number of nitrogens with zero attached hydrogens (tertiary/aromatic N) is 1. The van der Waals surface area contributed by atoms with Crippen molar-refractivity contribution in [3.05, 3.63) is 34.4 Å². The number of hydrogen-bond acceptors (Lipinski definition) is 3. The Morgan fingerprint density at radius 2 is 1.86 bits per heavy atom. The number of benzene rings is 1. The van der Waals surface area contributed by atoms with Gasteiger partial charge in [-0.05, 0) is 75.7 Å². The topological polar surface area (TPSA) is 29.5 Å². The van der Waals surface area contributed by atoms with Gasteiger partial charge >= 0.3 is 5.97 Å². The molecule has 1 fully saturated rings. The number of rotatable bonds is 4. The van der Waals surface area contributed by atoms with Crippen molar-refractivity contribution in [3.8, 4) is 0 Å². The molecule has 3 nitrogen and oxygen atoms in total. The van der Waals surface area contributed by atoms with Crippen molar-refractivity contribution in [2.24, 2.45) is 5.92 Å². The van der Waals surface area contributed by atoms with Crippen molar-refractivity contribution in [1.29, 1.82) is 0 Å². The molecule has 0 aromatic heterocycles. The molecule has 0 bridgehead atoms. The minimum Gasteiger partial charge on any atom is -0.469 e. The third kappa shape index (κ3) is 4.57. The Kier molecular flexibility index (Phi) is 6.01. The number of methoxy groups -OCH3 is 1. The van der Waals surface area contributed by atoms with Crippen LogP contribution in [0.4, 0.5) is 0 Å². The number of ether oxygens (including phenoxy) is 1. The second kappa shape index (κ2) is 7.77. The lowest BCUT2D eigenvalue weighted by atomic mass is 9.97. The number of carbonyl (C=O) groups excluding carboxylic acids is 1. The second-order valence-corrected chi connectivity index (χ2v) is 6.73. The van der Waals surface area contributed by atoms with Gasteiger partial charge in [0.2, 0.25) is 0 Å². The van der Waals surface area contributed by atoms with Crippen molar-refractivity contribution in [1.82, 2.24) is 4.90 Å². The van der Waals surface area contributed by atoms with E-state index in [0.29, 0.717) is 12.3 Å². The van der Waals surface area contributed by atoms with Gasteiger partial charge in [-0.1, -0.05) is 17.7 Å². The first-order valence-electron chi connectivity index (χ1n) is 8.35.